The molecule has 1 fully saturated rings. The van der Waals surface area contributed by atoms with E-state index in [2.05, 4.69) is 17.6 Å². The second-order valence-electron chi connectivity index (χ2n) is 8.69. The van der Waals surface area contributed by atoms with Crippen LogP contribution in [0.25, 0.3) is 0 Å². The highest BCUT2D eigenvalue weighted by Gasteiger charge is 2.28. The van der Waals surface area contributed by atoms with E-state index in [1.165, 1.54) is 11.3 Å². The molecule has 1 aliphatic heterocycles. The molecule has 1 saturated heterocycles. The minimum Gasteiger partial charge on any atom is -0.490 e. The maximum Gasteiger partial charge on any atom is 0.256 e. The summed E-state index contributed by atoms with van der Waals surface area (Å²) in [5.74, 6) is -0.146. The van der Waals surface area contributed by atoms with Gasteiger partial charge in [-0.15, -0.1) is 11.3 Å². The Morgan fingerprint density at radius 3 is 2.65 bits per heavy atom. The Labute approximate surface area is 214 Å². The van der Waals surface area contributed by atoms with Crippen molar-refractivity contribution in [1.29, 1.82) is 0 Å². The van der Waals surface area contributed by atoms with E-state index in [0.717, 1.165) is 68.4 Å². The van der Waals surface area contributed by atoms with E-state index in [1.54, 1.807) is 12.1 Å². The zero-order chi connectivity index (χ0) is 24.1. The van der Waals surface area contributed by atoms with Crippen molar-refractivity contribution in [2.45, 2.75) is 64.4 Å². The molecule has 184 valence electrons. The Kier molecular flexibility index (Phi) is 8.75. The molecule has 34 heavy (non-hydrogen) atoms. The molecule has 0 spiro atoms. The van der Waals surface area contributed by atoms with Gasteiger partial charge < -0.3 is 20.1 Å². The molecule has 1 aliphatic carbocycles. The topological polar surface area (TPSA) is 76.7 Å². The van der Waals surface area contributed by atoms with Crippen molar-refractivity contribution in [3.63, 3.8) is 0 Å². The number of aryl methyl sites for hydroxylation is 1. The van der Waals surface area contributed by atoms with Crippen LogP contribution in [-0.4, -0.2) is 37.7 Å². The van der Waals surface area contributed by atoms with E-state index in [9.17, 15) is 9.59 Å². The first-order chi connectivity index (χ1) is 16.5. The van der Waals surface area contributed by atoms with Gasteiger partial charge in [0.25, 0.3) is 11.8 Å². The number of benzene rings is 1. The first-order valence-corrected chi connectivity index (χ1v) is 13.5. The normalized spacial score (nSPS) is 17.0. The van der Waals surface area contributed by atoms with E-state index in [0.29, 0.717) is 35.0 Å². The van der Waals surface area contributed by atoms with Crippen LogP contribution in [0.3, 0.4) is 0 Å². The third-order valence-corrected chi connectivity index (χ3v) is 7.91. The highest BCUT2D eigenvalue weighted by molar-refractivity contribution is 7.17. The Balaban J connectivity index is 1.48. The van der Waals surface area contributed by atoms with Crippen molar-refractivity contribution in [2.24, 2.45) is 0 Å². The van der Waals surface area contributed by atoms with Crippen molar-refractivity contribution in [2.75, 3.05) is 25.1 Å². The van der Waals surface area contributed by atoms with Crippen LogP contribution in [0, 0.1) is 0 Å². The molecule has 9 heteroatoms. The van der Waals surface area contributed by atoms with Crippen LogP contribution in [-0.2, 0) is 17.6 Å². The summed E-state index contributed by atoms with van der Waals surface area (Å²) < 4.78 is 11.3. The van der Waals surface area contributed by atoms with Gasteiger partial charge in [0.1, 0.15) is 5.00 Å². The molecule has 1 aromatic heterocycles. The van der Waals surface area contributed by atoms with E-state index in [4.69, 9.17) is 32.7 Å². The van der Waals surface area contributed by atoms with Gasteiger partial charge in [-0.05, 0) is 56.2 Å². The van der Waals surface area contributed by atoms with Crippen LogP contribution in [0.1, 0.15) is 76.6 Å². The number of anilines is 1. The third kappa shape index (κ3) is 5.88. The zero-order valence-electron chi connectivity index (χ0n) is 19.3. The lowest BCUT2D eigenvalue weighted by atomic mass is 10.1. The average molecular weight is 525 g/mol. The minimum absolute atomic E-state index is 0.0562. The van der Waals surface area contributed by atoms with Crippen molar-refractivity contribution in [3.05, 3.63) is 43.7 Å². The number of halogens is 2. The van der Waals surface area contributed by atoms with E-state index in [1.807, 2.05) is 0 Å². The van der Waals surface area contributed by atoms with Gasteiger partial charge in [0.05, 0.1) is 28.3 Å². The maximum absolute atomic E-state index is 13.1. The second kappa shape index (κ2) is 11.8. The van der Waals surface area contributed by atoms with E-state index >= 15 is 0 Å². The number of hydrogen-bond acceptors (Lipinski definition) is 5. The number of fused-ring (bicyclic) bond motifs is 1. The van der Waals surface area contributed by atoms with Gasteiger partial charge in [-0.3, -0.25) is 9.59 Å². The Hall–Kier alpha value is -1.80. The predicted octanol–water partition coefficient (Wildman–Crippen LogP) is 6.27. The lowest BCUT2D eigenvalue weighted by molar-refractivity contribution is 0.0858. The number of rotatable bonds is 10. The Morgan fingerprint density at radius 1 is 1.15 bits per heavy atom. The molecule has 1 atom stereocenters. The van der Waals surface area contributed by atoms with Gasteiger partial charge in [-0.1, -0.05) is 43.0 Å². The standard InChI is InChI=1S/C25H30Cl2N2O4S/c1-2-3-4-10-33-22-18(26)12-15(13-19(22)27)23(30)29-25-21(17-8-5-9-20(17)34-25)24(31)28-14-16-7-6-11-32-16/h12-13,16H,2-11,14H2,1H3,(H,28,31)(H,29,30). The number of amides is 2. The summed E-state index contributed by atoms with van der Waals surface area (Å²) in [6.45, 7) is 3.85. The van der Waals surface area contributed by atoms with Gasteiger partial charge in [-0.25, -0.2) is 0 Å². The fourth-order valence-electron chi connectivity index (χ4n) is 4.36. The summed E-state index contributed by atoms with van der Waals surface area (Å²) in [6.07, 6.45) is 7.86. The zero-order valence-corrected chi connectivity index (χ0v) is 21.6. The third-order valence-electron chi connectivity index (χ3n) is 6.14. The molecule has 2 amide bonds. The van der Waals surface area contributed by atoms with Crippen LogP contribution >= 0.6 is 34.5 Å². The molecule has 2 aliphatic rings. The SMILES string of the molecule is CCCCCOc1c(Cl)cc(C(=O)Nc2sc3c(c2C(=O)NCC2CCCO2)CCC3)cc1Cl. The monoisotopic (exact) mass is 524 g/mol. The quantitative estimate of drug-likeness (QED) is 0.359. The molecule has 2 aromatic rings. The molecule has 0 saturated carbocycles. The van der Waals surface area contributed by atoms with Crippen molar-refractivity contribution in [1.82, 2.24) is 5.32 Å². The number of thiophene rings is 1. The lowest BCUT2D eigenvalue weighted by Crippen LogP contribution is -2.32. The van der Waals surface area contributed by atoms with Crippen LogP contribution < -0.4 is 15.4 Å². The highest BCUT2D eigenvalue weighted by Crippen LogP contribution is 2.40. The maximum atomic E-state index is 13.1. The smallest absolute Gasteiger partial charge is 0.256 e. The number of nitrogens with one attached hydrogen (secondary N) is 2. The van der Waals surface area contributed by atoms with Crippen LogP contribution in [0.4, 0.5) is 5.00 Å². The average Bonchev–Trinajstić information content (AvgIpc) is 3.54. The number of carbonyl (C=O) groups is 2. The fourth-order valence-corrected chi connectivity index (χ4v) is 6.24. The van der Waals surface area contributed by atoms with Crippen LogP contribution in [0.15, 0.2) is 12.1 Å². The fraction of sp³-hybridized carbons (Fsp3) is 0.520. The summed E-state index contributed by atoms with van der Waals surface area (Å²) in [6, 6.07) is 3.10. The molecular formula is C25H30Cl2N2O4S. The Bertz CT molecular complexity index is 1030. The van der Waals surface area contributed by atoms with Gasteiger partial charge in [0, 0.05) is 23.6 Å². The van der Waals surface area contributed by atoms with Crippen molar-refractivity contribution >= 4 is 51.4 Å². The molecule has 6 nitrogen and oxygen atoms in total. The van der Waals surface area contributed by atoms with Gasteiger partial charge in [-0.2, -0.15) is 0 Å². The summed E-state index contributed by atoms with van der Waals surface area (Å²) in [5.41, 5.74) is 1.92. The molecular weight excluding hydrogens is 495 g/mol. The molecule has 2 heterocycles. The number of carbonyl (C=O) groups excluding carboxylic acids is 2. The number of hydrogen-bond donors (Lipinski definition) is 2. The molecule has 0 bridgehead atoms. The number of unbranched alkanes of at least 4 members (excludes halogenated alkanes) is 2. The van der Waals surface area contributed by atoms with Gasteiger partial charge in [0.2, 0.25) is 0 Å². The summed E-state index contributed by atoms with van der Waals surface area (Å²) >= 11 is 14.2. The first-order valence-electron chi connectivity index (χ1n) is 12.0. The Morgan fingerprint density at radius 2 is 1.94 bits per heavy atom. The van der Waals surface area contributed by atoms with Crippen LogP contribution in [0.5, 0.6) is 5.75 Å². The molecule has 1 unspecified atom stereocenters. The summed E-state index contributed by atoms with van der Waals surface area (Å²) in [5, 5.41) is 7.07. The van der Waals surface area contributed by atoms with E-state index < -0.39 is 0 Å². The largest absolute Gasteiger partial charge is 0.490 e. The van der Waals surface area contributed by atoms with Crippen molar-refractivity contribution < 1.29 is 19.1 Å². The van der Waals surface area contributed by atoms with Gasteiger partial charge >= 0.3 is 0 Å². The van der Waals surface area contributed by atoms with E-state index in [-0.39, 0.29) is 28.0 Å². The second-order valence-corrected chi connectivity index (χ2v) is 10.6. The predicted molar refractivity (Wildman–Crippen MR) is 137 cm³/mol. The number of ether oxygens (including phenoxy) is 2. The molecule has 1 aromatic carbocycles. The summed E-state index contributed by atoms with van der Waals surface area (Å²) in [4.78, 5) is 27.3. The van der Waals surface area contributed by atoms with Crippen molar-refractivity contribution in [3.8, 4) is 5.75 Å². The van der Waals surface area contributed by atoms with Gasteiger partial charge in [0.15, 0.2) is 5.75 Å². The molecule has 2 N–H and O–H groups in total. The lowest BCUT2D eigenvalue weighted by Gasteiger charge is -2.14. The summed E-state index contributed by atoms with van der Waals surface area (Å²) in [7, 11) is 0. The minimum atomic E-state index is -0.366. The molecule has 0 radical (unpaired) electrons. The highest BCUT2D eigenvalue weighted by atomic mass is 35.5. The molecule has 4 rings (SSSR count). The first kappa shape index (κ1) is 25.3. The van der Waals surface area contributed by atoms with Crippen LogP contribution in [0.2, 0.25) is 10.0 Å².